The molecule has 0 amide bonds. The Labute approximate surface area is 87.4 Å². The van der Waals surface area contributed by atoms with E-state index in [9.17, 15) is 0 Å². The normalized spacial score (nSPS) is 13.0. The second-order valence-electron chi connectivity index (χ2n) is 3.15. The third-order valence-electron chi connectivity index (χ3n) is 2.15. The number of aryl methyl sites for hydroxylation is 1. The molecular formula is C10H13N3S. The molecule has 3 nitrogen and oxygen atoms in total. The van der Waals surface area contributed by atoms with E-state index in [1.54, 1.807) is 11.3 Å². The van der Waals surface area contributed by atoms with Crippen molar-refractivity contribution < 1.29 is 0 Å². The summed E-state index contributed by atoms with van der Waals surface area (Å²) < 4.78 is 1.83. The predicted octanol–water partition coefficient (Wildman–Crippen LogP) is 1.79. The molecule has 0 radical (unpaired) electrons. The lowest BCUT2D eigenvalue weighted by Gasteiger charge is -2.10. The molecule has 14 heavy (non-hydrogen) atoms. The molecular weight excluding hydrogens is 194 g/mol. The Morgan fingerprint density at radius 2 is 2.36 bits per heavy atom. The topological polar surface area (TPSA) is 29.9 Å². The van der Waals surface area contributed by atoms with Gasteiger partial charge in [-0.15, -0.1) is 11.3 Å². The summed E-state index contributed by atoms with van der Waals surface area (Å²) in [4.78, 5) is 1.30. The number of hydrogen-bond acceptors (Lipinski definition) is 3. The van der Waals surface area contributed by atoms with Gasteiger partial charge < -0.3 is 5.32 Å². The van der Waals surface area contributed by atoms with Crippen LogP contribution in [0.2, 0.25) is 0 Å². The van der Waals surface area contributed by atoms with Gasteiger partial charge in [-0.3, -0.25) is 4.68 Å². The van der Waals surface area contributed by atoms with Gasteiger partial charge in [-0.1, -0.05) is 6.07 Å². The first-order valence-corrected chi connectivity index (χ1v) is 5.39. The van der Waals surface area contributed by atoms with Crippen LogP contribution in [0.3, 0.4) is 0 Å². The molecule has 1 unspecified atom stereocenters. The average molecular weight is 207 g/mol. The third kappa shape index (κ3) is 1.71. The number of thiophene rings is 1. The van der Waals surface area contributed by atoms with Crippen LogP contribution in [0.25, 0.3) is 0 Å². The molecule has 1 N–H and O–H groups in total. The second-order valence-corrected chi connectivity index (χ2v) is 4.13. The lowest BCUT2D eigenvalue weighted by atomic mass is 10.2. The van der Waals surface area contributed by atoms with E-state index in [-0.39, 0.29) is 6.04 Å². The SMILES string of the molecule is CNC(c1ccn(C)n1)c1cccs1. The van der Waals surface area contributed by atoms with Crippen molar-refractivity contribution in [2.45, 2.75) is 6.04 Å². The molecule has 0 aliphatic carbocycles. The van der Waals surface area contributed by atoms with Crippen molar-refractivity contribution in [1.82, 2.24) is 15.1 Å². The Hall–Kier alpha value is -1.13. The fourth-order valence-electron chi connectivity index (χ4n) is 1.48. The third-order valence-corrected chi connectivity index (χ3v) is 3.08. The monoisotopic (exact) mass is 207 g/mol. The van der Waals surface area contributed by atoms with E-state index in [1.165, 1.54) is 4.88 Å². The highest BCUT2D eigenvalue weighted by Gasteiger charge is 2.14. The van der Waals surface area contributed by atoms with Gasteiger partial charge in [0.2, 0.25) is 0 Å². The van der Waals surface area contributed by atoms with Crippen LogP contribution in [-0.2, 0) is 7.05 Å². The molecule has 2 aromatic heterocycles. The van der Waals surface area contributed by atoms with Crippen LogP contribution in [-0.4, -0.2) is 16.8 Å². The van der Waals surface area contributed by atoms with E-state index < -0.39 is 0 Å². The summed E-state index contributed by atoms with van der Waals surface area (Å²) in [5.41, 5.74) is 1.07. The molecule has 0 bridgehead atoms. The number of nitrogens with zero attached hydrogens (tertiary/aromatic N) is 2. The Balaban J connectivity index is 2.31. The van der Waals surface area contributed by atoms with Crippen LogP contribution >= 0.6 is 11.3 Å². The highest BCUT2D eigenvalue weighted by atomic mass is 32.1. The molecule has 74 valence electrons. The van der Waals surface area contributed by atoms with Crippen LogP contribution < -0.4 is 5.32 Å². The molecule has 0 saturated carbocycles. The number of aromatic nitrogens is 2. The van der Waals surface area contributed by atoms with Gasteiger partial charge in [0.25, 0.3) is 0 Å². The van der Waals surface area contributed by atoms with Gasteiger partial charge in [0.15, 0.2) is 0 Å². The molecule has 0 aliphatic rings. The van der Waals surface area contributed by atoms with E-state index in [0.29, 0.717) is 0 Å². The summed E-state index contributed by atoms with van der Waals surface area (Å²) >= 11 is 1.75. The molecule has 2 heterocycles. The van der Waals surface area contributed by atoms with Crippen LogP contribution in [0.1, 0.15) is 16.6 Å². The molecule has 0 aliphatic heterocycles. The number of hydrogen-bond donors (Lipinski definition) is 1. The maximum atomic E-state index is 4.40. The van der Waals surface area contributed by atoms with E-state index in [4.69, 9.17) is 0 Å². The summed E-state index contributed by atoms with van der Waals surface area (Å²) in [6, 6.07) is 6.45. The smallest absolute Gasteiger partial charge is 0.0861 e. The van der Waals surface area contributed by atoms with Gasteiger partial charge in [-0.2, -0.15) is 5.10 Å². The standard InChI is InChI=1S/C10H13N3S/c1-11-10(9-4-3-7-14-9)8-5-6-13(2)12-8/h3-7,10-11H,1-2H3. The second kappa shape index (κ2) is 3.94. The maximum Gasteiger partial charge on any atom is 0.0861 e. The van der Waals surface area contributed by atoms with Crippen molar-refractivity contribution in [3.63, 3.8) is 0 Å². The number of nitrogens with one attached hydrogen (secondary N) is 1. The van der Waals surface area contributed by atoms with Crippen LogP contribution in [0.15, 0.2) is 29.8 Å². The molecule has 2 rings (SSSR count). The highest BCUT2D eigenvalue weighted by Crippen LogP contribution is 2.23. The lowest BCUT2D eigenvalue weighted by molar-refractivity contribution is 0.650. The zero-order valence-electron chi connectivity index (χ0n) is 8.27. The van der Waals surface area contributed by atoms with Gasteiger partial charge in [-0.05, 0) is 24.6 Å². The van der Waals surface area contributed by atoms with Crippen molar-refractivity contribution >= 4 is 11.3 Å². The predicted molar refractivity (Wildman–Crippen MR) is 58.4 cm³/mol. The van der Waals surface area contributed by atoms with Gasteiger partial charge >= 0.3 is 0 Å². The van der Waals surface area contributed by atoms with Gasteiger partial charge in [0.05, 0.1) is 11.7 Å². The fourth-order valence-corrected chi connectivity index (χ4v) is 2.32. The first-order chi connectivity index (χ1) is 6.81. The van der Waals surface area contributed by atoms with E-state index in [0.717, 1.165) is 5.69 Å². The summed E-state index contributed by atoms with van der Waals surface area (Å²) in [6.45, 7) is 0. The minimum absolute atomic E-state index is 0.219. The van der Waals surface area contributed by atoms with Gasteiger partial charge in [0.1, 0.15) is 0 Å². The summed E-state index contributed by atoms with van der Waals surface area (Å²) in [6.07, 6.45) is 1.97. The van der Waals surface area contributed by atoms with Crippen LogP contribution in [0.4, 0.5) is 0 Å². The van der Waals surface area contributed by atoms with E-state index in [2.05, 4.69) is 27.9 Å². The fraction of sp³-hybridized carbons (Fsp3) is 0.300. The minimum atomic E-state index is 0.219. The van der Waals surface area contributed by atoms with Crippen LogP contribution in [0.5, 0.6) is 0 Å². The molecule has 4 heteroatoms. The zero-order valence-corrected chi connectivity index (χ0v) is 9.08. The Morgan fingerprint density at radius 3 is 2.86 bits per heavy atom. The van der Waals surface area contributed by atoms with E-state index >= 15 is 0 Å². The van der Waals surface area contributed by atoms with Crippen LogP contribution in [0, 0.1) is 0 Å². The first-order valence-electron chi connectivity index (χ1n) is 4.51. The Morgan fingerprint density at radius 1 is 1.50 bits per heavy atom. The zero-order chi connectivity index (χ0) is 9.97. The quantitative estimate of drug-likeness (QED) is 0.831. The first kappa shape index (κ1) is 9.43. The molecule has 1 atom stereocenters. The van der Waals surface area contributed by atoms with Crippen molar-refractivity contribution in [3.8, 4) is 0 Å². The van der Waals surface area contributed by atoms with Crippen molar-refractivity contribution in [3.05, 3.63) is 40.3 Å². The minimum Gasteiger partial charge on any atom is -0.307 e. The highest BCUT2D eigenvalue weighted by molar-refractivity contribution is 7.10. The maximum absolute atomic E-state index is 4.40. The summed E-state index contributed by atoms with van der Waals surface area (Å²) in [7, 11) is 3.89. The Bertz CT molecular complexity index is 391. The largest absolute Gasteiger partial charge is 0.307 e. The number of rotatable bonds is 3. The van der Waals surface area contributed by atoms with Gasteiger partial charge in [-0.25, -0.2) is 0 Å². The summed E-state index contributed by atoms with van der Waals surface area (Å²) in [5.74, 6) is 0. The van der Waals surface area contributed by atoms with Crippen molar-refractivity contribution in [2.24, 2.45) is 7.05 Å². The molecule has 0 saturated heterocycles. The average Bonchev–Trinajstić information content (AvgIpc) is 2.79. The van der Waals surface area contributed by atoms with Crippen molar-refractivity contribution in [1.29, 1.82) is 0 Å². The van der Waals surface area contributed by atoms with E-state index in [1.807, 2.05) is 31.0 Å². The Kier molecular flexibility index (Phi) is 2.65. The molecule has 0 spiro atoms. The van der Waals surface area contributed by atoms with Gasteiger partial charge in [0, 0.05) is 18.1 Å². The molecule has 0 aromatic carbocycles. The molecule has 2 aromatic rings. The van der Waals surface area contributed by atoms with Crippen molar-refractivity contribution in [2.75, 3.05) is 7.05 Å². The lowest BCUT2D eigenvalue weighted by Crippen LogP contribution is -2.17. The molecule has 0 fully saturated rings. The summed E-state index contributed by atoms with van der Waals surface area (Å²) in [5, 5.41) is 9.75.